The number of nitrogens with zero attached hydrogens (tertiary/aromatic N) is 1. The first-order chi connectivity index (χ1) is 11.5. The zero-order chi connectivity index (χ0) is 17.2. The third kappa shape index (κ3) is 3.69. The van der Waals surface area contributed by atoms with Crippen molar-refractivity contribution in [2.75, 3.05) is 18.0 Å². The third-order valence-electron chi connectivity index (χ3n) is 3.57. The number of sulfonamides is 1. The van der Waals surface area contributed by atoms with Gasteiger partial charge in [-0.25, -0.2) is 17.9 Å². The van der Waals surface area contributed by atoms with Crippen LogP contribution in [0.25, 0.3) is 0 Å². The van der Waals surface area contributed by atoms with Gasteiger partial charge in [0.1, 0.15) is 6.10 Å². The van der Waals surface area contributed by atoms with Crippen LogP contribution in [0.2, 0.25) is 5.02 Å². The predicted molar refractivity (Wildman–Crippen MR) is 90.7 cm³/mol. The number of para-hydroxylation sites is 1. The molecule has 1 saturated heterocycles. The van der Waals surface area contributed by atoms with Gasteiger partial charge in [-0.3, -0.25) is 4.90 Å². The van der Waals surface area contributed by atoms with Gasteiger partial charge in [0.15, 0.2) is 0 Å². The van der Waals surface area contributed by atoms with Crippen molar-refractivity contribution in [2.24, 2.45) is 0 Å². The van der Waals surface area contributed by atoms with Crippen molar-refractivity contribution in [1.82, 2.24) is 4.72 Å². The van der Waals surface area contributed by atoms with E-state index in [1.54, 1.807) is 12.1 Å². The van der Waals surface area contributed by atoms with Crippen LogP contribution in [-0.4, -0.2) is 33.7 Å². The molecule has 0 radical (unpaired) electrons. The zero-order valence-electron chi connectivity index (χ0n) is 12.6. The van der Waals surface area contributed by atoms with Crippen LogP contribution in [0.4, 0.5) is 10.5 Å². The topological polar surface area (TPSA) is 75.7 Å². The largest absolute Gasteiger partial charge is 0.443 e. The molecule has 0 spiro atoms. The van der Waals surface area contributed by atoms with Crippen molar-refractivity contribution in [3.8, 4) is 0 Å². The van der Waals surface area contributed by atoms with Crippen LogP contribution >= 0.6 is 11.6 Å². The molecule has 1 aliphatic heterocycles. The summed E-state index contributed by atoms with van der Waals surface area (Å²) < 4.78 is 32.1. The Kier molecular flexibility index (Phi) is 4.75. The molecule has 1 aliphatic rings. The van der Waals surface area contributed by atoms with Crippen molar-refractivity contribution in [3.63, 3.8) is 0 Å². The van der Waals surface area contributed by atoms with Gasteiger partial charge in [0.2, 0.25) is 10.0 Å². The van der Waals surface area contributed by atoms with E-state index in [4.69, 9.17) is 16.3 Å². The van der Waals surface area contributed by atoms with E-state index in [2.05, 4.69) is 4.72 Å². The second kappa shape index (κ2) is 6.80. The van der Waals surface area contributed by atoms with E-state index in [1.165, 1.54) is 29.2 Å². The first kappa shape index (κ1) is 16.8. The van der Waals surface area contributed by atoms with Crippen molar-refractivity contribution >= 4 is 33.4 Å². The van der Waals surface area contributed by atoms with E-state index in [9.17, 15) is 13.2 Å². The van der Waals surface area contributed by atoms with Gasteiger partial charge in [-0.1, -0.05) is 29.8 Å². The second-order valence-corrected chi connectivity index (χ2v) is 7.46. The van der Waals surface area contributed by atoms with E-state index in [0.717, 1.165) is 0 Å². The molecule has 1 N–H and O–H groups in total. The Morgan fingerprint density at radius 1 is 1.12 bits per heavy atom. The molecule has 0 bridgehead atoms. The monoisotopic (exact) mass is 366 g/mol. The Hall–Kier alpha value is -2.09. The van der Waals surface area contributed by atoms with Crippen LogP contribution in [0.5, 0.6) is 0 Å². The molecule has 24 heavy (non-hydrogen) atoms. The molecule has 0 aliphatic carbocycles. The number of hydrogen-bond donors (Lipinski definition) is 1. The molecule has 2 aromatic carbocycles. The standard InChI is InChI=1S/C16H15ClN2O4S/c17-12-6-8-15(9-7-12)24(21,22)18-10-14-11-19(16(20)23-14)13-4-2-1-3-5-13/h1-9,14,18H,10-11H2. The van der Waals surface area contributed by atoms with Gasteiger partial charge in [0, 0.05) is 17.3 Å². The molecule has 6 nitrogen and oxygen atoms in total. The average Bonchev–Trinajstić information content (AvgIpc) is 2.95. The fourth-order valence-corrected chi connectivity index (χ4v) is 3.54. The van der Waals surface area contributed by atoms with Crippen LogP contribution in [0.15, 0.2) is 59.5 Å². The molecule has 3 rings (SSSR count). The summed E-state index contributed by atoms with van der Waals surface area (Å²) in [6.45, 7) is 0.284. The minimum atomic E-state index is -3.68. The molecule has 1 heterocycles. The summed E-state index contributed by atoms with van der Waals surface area (Å²) in [5.74, 6) is 0. The molecule has 2 aromatic rings. The molecule has 1 fully saturated rings. The summed E-state index contributed by atoms with van der Waals surface area (Å²) in [4.78, 5) is 13.5. The Bertz CT molecular complexity index is 825. The molecular weight excluding hydrogens is 352 g/mol. The predicted octanol–water partition coefficient (Wildman–Crippen LogP) is 2.64. The fraction of sp³-hybridized carbons (Fsp3) is 0.188. The Balaban J connectivity index is 1.63. The van der Waals surface area contributed by atoms with Crippen molar-refractivity contribution in [2.45, 2.75) is 11.0 Å². The number of anilines is 1. The number of carbonyl (C=O) groups excluding carboxylic acids is 1. The molecule has 126 valence electrons. The number of nitrogens with one attached hydrogen (secondary N) is 1. The molecule has 0 saturated carbocycles. The van der Waals surface area contributed by atoms with Crippen LogP contribution in [0, 0.1) is 0 Å². The maximum absolute atomic E-state index is 12.2. The number of benzene rings is 2. The first-order valence-electron chi connectivity index (χ1n) is 7.24. The zero-order valence-corrected chi connectivity index (χ0v) is 14.1. The summed E-state index contributed by atoms with van der Waals surface area (Å²) in [5, 5.41) is 0.456. The maximum atomic E-state index is 12.2. The van der Waals surface area contributed by atoms with E-state index in [-0.39, 0.29) is 18.0 Å². The van der Waals surface area contributed by atoms with E-state index >= 15 is 0 Å². The van der Waals surface area contributed by atoms with Gasteiger partial charge in [-0.05, 0) is 36.4 Å². The minimum Gasteiger partial charge on any atom is -0.443 e. The van der Waals surface area contributed by atoms with E-state index in [1.807, 2.05) is 18.2 Å². The highest BCUT2D eigenvalue weighted by atomic mass is 35.5. The van der Waals surface area contributed by atoms with Gasteiger partial charge < -0.3 is 4.74 Å². The highest BCUT2D eigenvalue weighted by molar-refractivity contribution is 7.89. The number of hydrogen-bond acceptors (Lipinski definition) is 4. The summed E-state index contributed by atoms with van der Waals surface area (Å²) >= 11 is 5.75. The van der Waals surface area contributed by atoms with Gasteiger partial charge in [-0.15, -0.1) is 0 Å². The van der Waals surface area contributed by atoms with Crippen LogP contribution in [0.3, 0.4) is 0 Å². The quantitative estimate of drug-likeness (QED) is 0.882. The Labute approximate surface area is 145 Å². The number of amides is 1. The summed E-state index contributed by atoms with van der Waals surface area (Å²) in [5.41, 5.74) is 0.713. The molecule has 1 atom stereocenters. The molecule has 0 aromatic heterocycles. The van der Waals surface area contributed by atoms with Crippen LogP contribution in [0.1, 0.15) is 0 Å². The number of ether oxygens (including phenoxy) is 1. The van der Waals surface area contributed by atoms with Gasteiger partial charge in [-0.2, -0.15) is 0 Å². The van der Waals surface area contributed by atoms with E-state index in [0.29, 0.717) is 10.7 Å². The Morgan fingerprint density at radius 3 is 2.46 bits per heavy atom. The highest BCUT2D eigenvalue weighted by Crippen LogP contribution is 2.21. The van der Waals surface area contributed by atoms with Crippen molar-refractivity contribution in [1.29, 1.82) is 0 Å². The third-order valence-corrected chi connectivity index (χ3v) is 5.26. The summed E-state index contributed by atoms with van der Waals surface area (Å²) in [7, 11) is -3.68. The summed E-state index contributed by atoms with van der Waals surface area (Å²) in [6.07, 6.45) is -1.04. The van der Waals surface area contributed by atoms with Crippen molar-refractivity contribution in [3.05, 3.63) is 59.6 Å². The molecule has 8 heteroatoms. The average molecular weight is 367 g/mol. The lowest BCUT2D eigenvalue weighted by molar-refractivity contribution is 0.143. The van der Waals surface area contributed by atoms with Gasteiger partial charge in [0.05, 0.1) is 11.4 Å². The highest BCUT2D eigenvalue weighted by Gasteiger charge is 2.33. The summed E-state index contributed by atoms with van der Waals surface area (Å²) in [6, 6.07) is 14.9. The molecule has 1 unspecified atom stereocenters. The first-order valence-corrected chi connectivity index (χ1v) is 9.10. The second-order valence-electron chi connectivity index (χ2n) is 5.26. The Morgan fingerprint density at radius 2 is 1.79 bits per heavy atom. The van der Waals surface area contributed by atoms with Gasteiger partial charge in [0.25, 0.3) is 0 Å². The van der Waals surface area contributed by atoms with E-state index < -0.39 is 22.2 Å². The normalized spacial score (nSPS) is 17.8. The smallest absolute Gasteiger partial charge is 0.414 e. The molecular formula is C16H15ClN2O4S. The van der Waals surface area contributed by atoms with Crippen LogP contribution < -0.4 is 9.62 Å². The minimum absolute atomic E-state index is 0.0000331. The number of carbonyl (C=O) groups is 1. The van der Waals surface area contributed by atoms with Crippen LogP contribution in [-0.2, 0) is 14.8 Å². The van der Waals surface area contributed by atoms with Crippen molar-refractivity contribution < 1.29 is 17.9 Å². The molecule has 1 amide bonds. The number of halogens is 1. The fourth-order valence-electron chi connectivity index (χ4n) is 2.35. The number of cyclic esters (lactones) is 1. The van der Waals surface area contributed by atoms with Gasteiger partial charge >= 0.3 is 6.09 Å². The SMILES string of the molecule is O=C1OC(CNS(=O)(=O)c2ccc(Cl)cc2)CN1c1ccccc1. The number of rotatable bonds is 5. The lowest BCUT2D eigenvalue weighted by Gasteiger charge is -2.13. The maximum Gasteiger partial charge on any atom is 0.414 e. The lowest BCUT2D eigenvalue weighted by Crippen LogP contribution is -2.34. The lowest BCUT2D eigenvalue weighted by atomic mass is 10.3.